The molecule has 0 radical (unpaired) electrons. The van der Waals surface area contributed by atoms with Crippen molar-refractivity contribution >= 4 is 0 Å². The van der Waals surface area contributed by atoms with Crippen LogP contribution in [0.2, 0.25) is 0 Å². The first-order chi connectivity index (χ1) is 10.3. The summed E-state index contributed by atoms with van der Waals surface area (Å²) in [5.41, 5.74) is 0.774. The molecule has 2 heterocycles. The van der Waals surface area contributed by atoms with Gasteiger partial charge in [-0.1, -0.05) is 19.1 Å². The summed E-state index contributed by atoms with van der Waals surface area (Å²) in [6, 6.07) is 0. The van der Waals surface area contributed by atoms with Crippen molar-refractivity contribution in [3.63, 3.8) is 0 Å². The van der Waals surface area contributed by atoms with Crippen molar-refractivity contribution in [3.05, 3.63) is 11.9 Å². The normalized spacial score (nSPS) is 31.6. The van der Waals surface area contributed by atoms with Crippen molar-refractivity contribution in [2.75, 3.05) is 7.11 Å². The van der Waals surface area contributed by atoms with Gasteiger partial charge in [-0.3, -0.25) is 0 Å². The maximum Gasteiger partial charge on any atom is 0.221 e. The topological polar surface area (TPSA) is 130 Å². The Kier molecular flexibility index (Phi) is 5.15. The van der Waals surface area contributed by atoms with Gasteiger partial charge < -0.3 is 29.9 Å². The number of aliphatic hydroxyl groups excluding tert-OH is 2. The molecule has 1 aliphatic rings. The Balaban J connectivity index is 2.11. The number of rotatable bonds is 5. The smallest absolute Gasteiger partial charge is 0.221 e. The van der Waals surface area contributed by atoms with Crippen molar-refractivity contribution in [3.8, 4) is 0 Å². The van der Waals surface area contributed by atoms with Gasteiger partial charge in [0.25, 0.3) is 0 Å². The van der Waals surface area contributed by atoms with Crippen LogP contribution < -0.4 is 0 Å². The molecule has 2 rings (SSSR count). The van der Waals surface area contributed by atoms with E-state index in [9.17, 15) is 20.4 Å². The van der Waals surface area contributed by atoms with Gasteiger partial charge >= 0.3 is 0 Å². The van der Waals surface area contributed by atoms with Crippen LogP contribution in [-0.2, 0) is 22.4 Å². The third-order valence-corrected chi connectivity index (χ3v) is 3.60. The Hall–Kier alpha value is -1.10. The van der Waals surface area contributed by atoms with Gasteiger partial charge in [-0.2, -0.15) is 0 Å². The number of nitrogens with zero attached hydrogens (tertiary/aromatic N) is 3. The van der Waals surface area contributed by atoms with Crippen LogP contribution in [0.25, 0.3) is 0 Å². The number of aliphatic hydroxyl groups is 4. The predicted molar refractivity (Wildman–Crippen MR) is 73.4 cm³/mol. The molecule has 0 bridgehead atoms. The van der Waals surface area contributed by atoms with Gasteiger partial charge in [-0.15, -0.1) is 5.10 Å². The molecule has 1 fully saturated rings. The molecule has 1 saturated heterocycles. The summed E-state index contributed by atoms with van der Waals surface area (Å²) in [6.07, 6.45) is -3.36. The highest BCUT2D eigenvalue weighted by Crippen LogP contribution is 2.29. The molecule has 0 aromatic carbocycles. The number of hydrogen-bond donors (Lipinski definition) is 4. The van der Waals surface area contributed by atoms with Gasteiger partial charge in [-0.25, -0.2) is 4.68 Å². The fourth-order valence-electron chi connectivity index (χ4n) is 2.41. The van der Waals surface area contributed by atoms with E-state index in [0.717, 1.165) is 12.1 Å². The van der Waals surface area contributed by atoms with Gasteiger partial charge in [0.15, 0.2) is 6.29 Å². The fourth-order valence-corrected chi connectivity index (χ4v) is 2.41. The maximum absolute atomic E-state index is 10.0. The number of ether oxygens (including phenoxy) is 2. The zero-order valence-corrected chi connectivity index (χ0v) is 12.8. The van der Waals surface area contributed by atoms with E-state index in [1.54, 1.807) is 6.20 Å². The zero-order chi connectivity index (χ0) is 16.5. The van der Waals surface area contributed by atoms with Crippen molar-refractivity contribution in [2.45, 2.75) is 57.2 Å². The van der Waals surface area contributed by atoms with Crippen molar-refractivity contribution in [1.82, 2.24) is 15.0 Å². The Labute approximate surface area is 128 Å². The summed E-state index contributed by atoms with van der Waals surface area (Å²) >= 11 is 0. The van der Waals surface area contributed by atoms with Gasteiger partial charge in [0.05, 0.1) is 12.2 Å². The van der Waals surface area contributed by atoms with Crippen LogP contribution in [0.3, 0.4) is 0 Å². The monoisotopic (exact) mass is 317 g/mol. The minimum atomic E-state index is -2.63. The first kappa shape index (κ1) is 17.3. The summed E-state index contributed by atoms with van der Waals surface area (Å²) in [7, 11) is 1.29. The molecule has 9 nitrogen and oxygen atoms in total. The first-order valence-corrected chi connectivity index (χ1v) is 7.13. The second-order valence-corrected chi connectivity index (χ2v) is 5.98. The average Bonchev–Trinajstić information content (AvgIpc) is 2.86. The molecule has 1 aromatic rings. The van der Waals surface area contributed by atoms with E-state index in [1.165, 1.54) is 11.8 Å². The van der Waals surface area contributed by atoms with E-state index in [-0.39, 0.29) is 6.54 Å². The number of methoxy groups -OCH3 is 1. The Morgan fingerprint density at radius 1 is 1.41 bits per heavy atom. The molecule has 126 valence electrons. The standard InChI is InChI=1S/C13H23N3O6/c1-7(2)4-8-5-16(15-14-8)6-9-13(19,20)11(18)10(17)12(21-3)22-9/h5,7,9-12,17-20H,4,6H2,1-3H3/t9-,10-,11-,12+/m1/s1. The largest absolute Gasteiger partial charge is 0.385 e. The Morgan fingerprint density at radius 2 is 2.09 bits per heavy atom. The molecule has 1 aromatic heterocycles. The van der Waals surface area contributed by atoms with Crippen LogP contribution in [0.5, 0.6) is 0 Å². The molecule has 0 saturated carbocycles. The van der Waals surface area contributed by atoms with E-state index in [0.29, 0.717) is 5.92 Å². The first-order valence-electron chi connectivity index (χ1n) is 7.13. The fraction of sp³-hybridized carbons (Fsp3) is 0.846. The second-order valence-electron chi connectivity index (χ2n) is 5.98. The number of hydrogen-bond acceptors (Lipinski definition) is 8. The van der Waals surface area contributed by atoms with E-state index in [4.69, 9.17) is 9.47 Å². The molecule has 9 heteroatoms. The highest BCUT2D eigenvalue weighted by atomic mass is 16.7. The van der Waals surface area contributed by atoms with Crippen LogP contribution in [0.15, 0.2) is 6.20 Å². The lowest BCUT2D eigenvalue weighted by molar-refractivity contribution is -0.381. The maximum atomic E-state index is 10.0. The van der Waals surface area contributed by atoms with Crippen LogP contribution >= 0.6 is 0 Å². The summed E-state index contributed by atoms with van der Waals surface area (Å²) in [5.74, 6) is -2.21. The molecular formula is C13H23N3O6. The SMILES string of the molecule is CO[C@H]1O[C@H](Cn2cc(CC(C)C)nn2)C(O)(O)[C@H](O)[C@H]1O. The summed E-state index contributed by atoms with van der Waals surface area (Å²) in [6.45, 7) is 4.05. The summed E-state index contributed by atoms with van der Waals surface area (Å²) in [5, 5.41) is 47.4. The average molecular weight is 317 g/mol. The van der Waals surface area contributed by atoms with Gasteiger partial charge in [0.1, 0.15) is 18.3 Å². The third-order valence-electron chi connectivity index (χ3n) is 3.60. The van der Waals surface area contributed by atoms with Crippen molar-refractivity contribution in [1.29, 1.82) is 0 Å². The third kappa shape index (κ3) is 3.45. The lowest BCUT2D eigenvalue weighted by Gasteiger charge is -2.44. The molecule has 22 heavy (non-hydrogen) atoms. The molecule has 1 aliphatic heterocycles. The Bertz CT molecular complexity index is 492. The molecular weight excluding hydrogens is 294 g/mol. The Morgan fingerprint density at radius 3 is 2.68 bits per heavy atom. The molecule has 4 atom stereocenters. The minimum absolute atomic E-state index is 0.0538. The van der Waals surface area contributed by atoms with E-state index in [2.05, 4.69) is 24.2 Å². The molecule has 0 unspecified atom stereocenters. The van der Waals surface area contributed by atoms with E-state index in [1.807, 2.05) is 0 Å². The minimum Gasteiger partial charge on any atom is -0.385 e. The van der Waals surface area contributed by atoms with E-state index < -0.39 is 30.4 Å². The molecule has 0 spiro atoms. The highest BCUT2D eigenvalue weighted by molar-refractivity contribution is 4.97. The van der Waals surface area contributed by atoms with Crippen LogP contribution in [0.4, 0.5) is 0 Å². The summed E-state index contributed by atoms with van der Waals surface area (Å²) in [4.78, 5) is 0. The summed E-state index contributed by atoms with van der Waals surface area (Å²) < 4.78 is 11.6. The van der Waals surface area contributed by atoms with Crippen LogP contribution in [-0.4, -0.2) is 72.9 Å². The van der Waals surface area contributed by atoms with Crippen LogP contribution in [0, 0.1) is 5.92 Å². The number of aromatic nitrogens is 3. The molecule has 4 N–H and O–H groups in total. The second kappa shape index (κ2) is 6.57. The highest BCUT2D eigenvalue weighted by Gasteiger charge is 2.54. The van der Waals surface area contributed by atoms with Crippen molar-refractivity contribution in [2.24, 2.45) is 5.92 Å². The van der Waals surface area contributed by atoms with Gasteiger partial charge in [-0.05, 0) is 12.3 Å². The van der Waals surface area contributed by atoms with Gasteiger partial charge in [0, 0.05) is 13.3 Å². The van der Waals surface area contributed by atoms with Crippen molar-refractivity contribution < 1.29 is 29.9 Å². The zero-order valence-electron chi connectivity index (χ0n) is 12.8. The lowest BCUT2D eigenvalue weighted by atomic mass is 9.95. The van der Waals surface area contributed by atoms with Crippen LogP contribution in [0.1, 0.15) is 19.5 Å². The predicted octanol–water partition coefficient (Wildman–Crippen LogP) is -1.75. The van der Waals surface area contributed by atoms with Gasteiger partial charge in [0.2, 0.25) is 5.79 Å². The lowest BCUT2D eigenvalue weighted by Crippen LogP contribution is -2.67. The molecule has 0 amide bonds. The molecule has 0 aliphatic carbocycles. The quantitative estimate of drug-likeness (QED) is 0.470. The van der Waals surface area contributed by atoms with E-state index >= 15 is 0 Å².